The van der Waals surface area contributed by atoms with Gasteiger partial charge in [-0.2, -0.15) is 8.78 Å². The molecule has 1 aromatic heterocycles. The molecule has 0 spiro atoms. The van der Waals surface area contributed by atoms with Crippen molar-refractivity contribution in [2.75, 3.05) is 18.9 Å². The minimum atomic E-state index is -4.42. The molecule has 0 aliphatic rings. The number of hydrogen-bond acceptors (Lipinski definition) is 4. The average molecular weight is 301 g/mol. The van der Waals surface area contributed by atoms with Gasteiger partial charge in [0.05, 0.1) is 11.4 Å². The normalized spacial score (nSPS) is 12.7. The van der Waals surface area contributed by atoms with Gasteiger partial charge in [-0.1, -0.05) is 0 Å². The zero-order valence-electron chi connectivity index (χ0n) is 9.70. The Morgan fingerprint density at radius 1 is 1.42 bits per heavy atom. The van der Waals surface area contributed by atoms with Crippen LogP contribution in [0.25, 0.3) is 0 Å². The van der Waals surface area contributed by atoms with Crippen LogP contribution in [0.2, 0.25) is 0 Å². The quantitative estimate of drug-likeness (QED) is 0.777. The Hall–Kier alpha value is -1.42. The summed E-state index contributed by atoms with van der Waals surface area (Å²) in [7, 11) is -2.82. The van der Waals surface area contributed by atoms with E-state index in [1.54, 1.807) is 0 Å². The minimum Gasteiger partial charge on any atom is -0.373 e. The standard InChI is InChI=1S/C9H11F4N3O2S/c1-14-7-4-6(2-3-15-7)19(17,18)16-5-9(12,13)8(10)11/h2-4,8,16H,5H2,1H3,(H,14,15). The van der Waals surface area contributed by atoms with Crippen LogP contribution in [-0.2, 0) is 10.0 Å². The summed E-state index contributed by atoms with van der Waals surface area (Å²) in [6.07, 6.45) is -2.80. The lowest BCUT2D eigenvalue weighted by Gasteiger charge is -2.16. The molecular formula is C9H11F4N3O2S. The molecule has 0 bridgehead atoms. The minimum absolute atomic E-state index is 0.198. The highest BCUT2D eigenvalue weighted by atomic mass is 32.2. The molecule has 0 saturated heterocycles. The Kier molecular flexibility index (Phi) is 4.69. The van der Waals surface area contributed by atoms with Crippen molar-refractivity contribution in [2.24, 2.45) is 0 Å². The van der Waals surface area contributed by atoms with Crippen LogP contribution in [0.3, 0.4) is 0 Å². The van der Waals surface area contributed by atoms with Crippen molar-refractivity contribution in [1.29, 1.82) is 0 Å². The van der Waals surface area contributed by atoms with E-state index in [4.69, 9.17) is 0 Å². The number of alkyl halides is 4. The van der Waals surface area contributed by atoms with E-state index in [0.29, 0.717) is 0 Å². The van der Waals surface area contributed by atoms with Crippen LogP contribution in [0.5, 0.6) is 0 Å². The van der Waals surface area contributed by atoms with Gasteiger partial charge in [-0.05, 0) is 6.07 Å². The highest BCUT2D eigenvalue weighted by molar-refractivity contribution is 7.89. The molecule has 0 unspecified atom stereocenters. The van der Waals surface area contributed by atoms with Crippen LogP contribution in [0.1, 0.15) is 0 Å². The number of rotatable bonds is 6. The molecule has 1 heterocycles. The largest absolute Gasteiger partial charge is 0.373 e. The fourth-order valence-electron chi connectivity index (χ4n) is 1.07. The fraction of sp³-hybridized carbons (Fsp3) is 0.444. The lowest BCUT2D eigenvalue weighted by atomic mass is 10.4. The first-order valence-electron chi connectivity index (χ1n) is 4.98. The molecule has 0 atom stereocenters. The average Bonchev–Trinajstić information content (AvgIpc) is 2.36. The van der Waals surface area contributed by atoms with Gasteiger partial charge in [-0.25, -0.2) is 26.9 Å². The van der Waals surface area contributed by atoms with Gasteiger partial charge in [0.1, 0.15) is 5.82 Å². The third-order valence-electron chi connectivity index (χ3n) is 2.11. The van der Waals surface area contributed by atoms with Crippen LogP contribution in [-0.4, -0.2) is 39.3 Å². The smallest absolute Gasteiger partial charge is 0.320 e. The summed E-state index contributed by atoms with van der Waals surface area (Å²) < 4.78 is 73.8. The van der Waals surface area contributed by atoms with Gasteiger partial charge in [-0.3, -0.25) is 0 Å². The van der Waals surface area contributed by atoms with E-state index in [9.17, 15) is 26.0 Å². The summed E-state index contributed by atoms with van der Waals surface area (Å²) >= 11 is 0. The molecule has 5 nitrogen and oxygen atoms in total. The van der Waals surface area contributed by atoms with Crippen molar-refractivity contribution in [2.45, 2.75) is 17.2 Å². The molecule has 0 aliphatic carbocycles. The highest BCUT2D eigenvalue weighted by Gasteiger charge is 2.41. The number of sulfonamides is 1. The Morgan fingerprint density at radius 3 is 2.58 bits per heavy atom. The summed E-state index contributed by atoms with van der Waals surface area (Å²) in [5.74, 6) is -4.23. The number of nitrogens with one attached hydrogen (secondary N) is 2. The maximum absolute atomic E-state index is 12.6. The third-order valence-corrected chi connectivity index (χ3v) is 3.51. The van der Waals surface area contributed by atoms with Crippen LogP contribution in [0.4, 0.5) is 23.4 Å². The van der Waals surface area contributed by atoms with Gasteiger partial charge in [0.2, 0.25) is 10.0 Å². The number of anilines is 1. The molecule has 0 aliphatic heterocycles. The summed E-state index contributed by atoms with van der Waals surface area (Å²) in [5.41, 5.74) is 0. The van der Waals surface area contributed by atoms with Crippen molar-refractivity contribution < 1.29 is 26.0 Å². The molecule has 0 saturated carbocycles. The van der Waals surface area contributed by atoms with Crippen molar-refractivity contribution >= 4 is 15.8 Å². The first-order valence-corrected chi connectivity index (χ1v) is 6.47. The molecule has 0 aromatic carbocycles. The van der Waals surface area contributed by atoms with Gasteiger partial charge in [0, 0.05) is 19.3 Å². The first-order chi connectivity index (χ1) is 8.69. The van der Waals surface area contributed by atoms with Crippen LogP contribution < -0.4 is 10.0 Å². The van der Waals surface area contributed by atoms with E-state index in [0.717, 1.165) is 18.3 Å². The van der Waals surface area contributed by atoms with Crippen molar-refractivity contribution in [3.05, 3.63) is 18.3 Å². The summed E-state index contributed by atoms with van der Waals surface area (Å²) in [6.45, 7) is -1.68. The van der Waals surface area contributed by atoms with Crippen LogP contribution in [0, 0.1) is 0 Å². The molecule has 19 heavy (non-hydrogen) atoms. The number of nitrogens with zero attached hydrogens (tertiary/aromatic N) is 1. The third kappa shape index (κ3) is 4.03. The van der Waals surface area contributed by atoms with E-state index < -0.39 is 28.9 Å². The fourth-order valence-corrected chi connectivity index (χ4v) is 2.12. The lowest BCUT2D eigenvalue weighted by Crippen LogP contribution is -2.41. The van der Waals surface area contributed by atoms with Crippen LogP contribution in [0.15, 0.2) is 23.2 Å². The number of halogens is 4. The maximum Gasteiger partial charge on any atom is 0.320 e. The van der Waals surface area contributed by atoms with E-state index in [1.165, 1.54) is 11.8 Å². The second-order valence-corrected chi connectivity index (χ2v) is 5.28. The van der Waals surface area contributed by atoms with Gasteiger partial charge in [0.25, 0.3) is 0 Å². The predicted octanol–water partition coefficient (Wildman–Crippen LogP) is 1.30. The van der Waals surface area contributed by atoms with Gasteiger partial charge < -0.3 is 5.32 Å². The molecule has 1 aromatic rings. The van der Waals surface area contributed by atoms with Crippen molar-refractivity contribution in [1.82, 2.24) is 9.71 Å². The van der Waals surface area contributed by atoms with Crippen LogP contribution >= 0.6 is 0 Å². The Bertz CT molecular complexity index is 536. The topological polar surface area (TPSA) is 71.1 Å². The molecule has 0 amide bonds. The Balaban J connectivity index is 2.87. The number of pyridine rings is 1. The molecule has 0 fully saturated rings. The Labute approximate surface area is 107 Å². The molecular weight excluding hydrogens is 290 g/mol. The number of aromatic nitrogens is 1. The van der Waals surface area contributed by atoms with E-state index in [2.05, 4.69) is 10.3 Å². The second kappa shape index (κ2) is 5.70. The predicted molar refractivity (Wildman–Crippen MR) is 59.9 cm³/mol. The zero-order valence-corrected chi connectivity index (χ0v) is 10.5. The number of hydrogen-bond donors (Lipinski definition) is 2. The SMILES string of the molecule is CNc1cc(S(=O)(=O)NCC(F)(F)C(F)F)ccn1. The van der Waals surface area contributed by atoms with Crippen molar-refractivity contribution in [3.8, 4) is 0 Å². The highest BCUT2D eigenvalue weighted by Crippen LogP contribution is 2.22. The van der Waals surface area contributed by atoms with Crippen molar-refractivity contribution in [3.63, 3.8) is 0 Å². The van der Waals surface area contributed by atoms with E-state index >= 15 is 0 Å². The summed E-state index contributed by atoms with van der Waals surface area (Å²) in [4.78, 5) is 3.39. The Morgan fingerprint density at radius 2 is 2.05 bits per heavy atom. The van der Waals surface area contributed by atoms with Gasteiger partial charge >= 0.3 is 12.3 Å². The molecule has 10 heteroatoms. The second-order valence-electron chi connectivity index (χ2n) is 3.51. The molecule has 0 radical (unpaired) electrons. The van der Waals surface area contributed by atoms with Gasteiger partial charge in [0.15, 0.2) is 0 Å². The summed E-state index contributed by atoms with van der Waals surface area (Å²) in [6, 6.07) is 2.15. The zero-order chi connectivity index (χ0) is 14.7. The molecule has 2 N–H and O–H groups in total. The van der Waals surface area contributed by atoms with Gasteiger partial charge in [-0.15, -0.1) is 0 Å². The molecule has 1 rings (SSSR count). The molecule has 108 valence electrons. The van der Waals surface area contributed by atoms with E-state index in [1.807, 2.05) is 0 Å². The lowest BCUT2D eigenvalue weighted by molar-refractivity contribution is -0.122. The monoisotopic (exact) mass is 301 g/mol. The maximum atomic E-state index is 12.6. The summed E-state index contributed by atoms with van der Waals surface area (Å²) in [5, 5.41) is 2.56. The van der Waals surface area contributed by atoms with E-state index in [-0.39, 0.29) is 10.7 Å². The first kappa shape index (κ1) is 15.6.